The molecule has 6 nitrogen and oxygen atoms in total. The average molecular weight is 462 g/mol. The molecule has 0 unspecified atom stereocenters. The molecule has 3 aromatic heterocycles. The number of carbonyl (C=O) groups excluding carboxylic acids is 1. The van der Waals surface area contributed by atoms with Crippen LogP contribution in [0, 0.1) is 19.7 Å². The van der Waals surface area contributed by atoms with Crippen molar-refractivity contribution in [3.8, 4) is 16.4 Å². The zero-order valence-electron chi connectivity index (χ0n) is 15.8. The molecule has 0 saturated heterocycles. The van der Waals surface area contributed by atoms with E-state index in [2.05, 4.69) is 20.4 Å². The molecule has 1 amide bonds. The zero-order valence-corrected chi connectivity index (χ0v) is 18.1. The molecule has 3 heterocycles. The van der Waals surface area contributed by atoms with Crippen LogP contribution in [0.2, 0.25) is 10.0 Å². The molecular formula is C20H14Cl2FN5OS. The maximum absolute atomic E-state index is 13.2. The summed E-state index contributed by atoms with van der Waals surface area (Å²) in [5.74, 6) is 0.0792. The molecular weight excluding hydrogens is 448 g/mol. The Labute approximate surface area is 185 Å². The second kappa shape index (κ2) is 8.14. The number of pyridine rings is 1. The Morgan fingerprint density at radius 3 is 2.60 bits per heavy atom. The van der Waals surface area contributed by atoms with Crippen LogP contribution in [0.1, 0.15) is 21.1 Å². The fraction of sp³-hybridized carbons (Fsp3) is 0.100. The summed E-state index contributed by atoms with van der Waals surface area (Å²) in [5.41, 5.74) is 1.98. The van der Waals surface area contributed by atoms with E-state index < -0.39 is 0 Å². The number of benzene rings is 1. The lowest BCUT2D eigenvalue weighted by Crippen LogP contribution is -2.15. The molecule has 152 valence electrons. The Bertz CT molecular complexity index is 1250. The Morgan fingerprint density at radius 1 is 1.17 bits per heavy atom. The van der Waals surface area contributed by atoms with Crippen LogP contribution in [0.25, 0.3) is 16.4 Å². The van der Waals surface area contributed by atoms with Crippen molar-refractivity contribution in [2.45, 2.75) is 13.8 Å². The lowest BCUT2D eigenvalue weighted by molar-refractivity contribution is 0.102. The Kier molecular flexibility index (Phi) is 5.55. The van der Waals surface area contributed by atoms with Gasteiger partial charge in [-0.3, -0.25) is 4.79 Å². The summed E-state index contributed by atoms with van der Waals surface area (Å²) in [5, 5.41) is 8.53. The second-order valence-corrected chi connectivity index (χ2v) is 8.28. The van der Waals surface area contributed by atoms with Crippen molar-refractivity contribution >= 4 is 46.3 Å². The summed E-state index contributed by atoms with van der Waals surface area (Å²) in [4.78, 5) is 22.1. The molecule has 1 N–H and O–H groups in total. The van der Waals surface area contributed by atoms with Gasteiger partial charge in [-0.25, -0.2) is 14.4 Å². The number of thiazole rings is 1. The number of amides is 1. The summed E-state index contributed by atoms with van der Waals surface area (Å²) >= 11 is 13.4. The van der Waals surface area contributed by atoms with E-state index in [4.69, 9.17) is 23.2 Å². The van der Waals surface area contributed by atoms with Crippen molar-refractivity contribution in [1.82, 2.24) is 19.7 Å². The minimum atomic E-state index is -0.343. The van der Waals surface area contributed by atoms with Gasteiger partial charge in [-0.05, 0) is 44.2 Å². The summed E-state index contributed by atoms with van der Waals surface area (Å²) in [6, 6.07) is 9.23. The Hall–Kier alpha value is -2.81. The third-order valence-electron chi connectivity index (χ3n) is 4.16. The topological polar surface area (TPSA) is 72.7 Å². The van der Waals surface area contributed by atoms with Gasteiger partial charge in [0.2, 0.25) is 0 Å². The number of halogens is 3. The third kappa shape index (κ3) is 4.07. The highest BCUT2D eigenvalue weighted by atomic mass is 35.5. The first-order valence-corrected chi connectivity index (χ1v) is 10.3. The first kappa shape index (κ1) is 20.5. The molecule has 10 heteroatoms. The molecule has 0 aliphatic heterocycles. The van der Waals surface area contributed by atoms with Crippen LogP contribution in [0.5, 0.6) is 0 Å². The van der Waals surface area contributed by atoms with E-state index in [0.717, 1.165) is 5.56 Å². The van der Waals surface area contributed by atoms with Gasteiger partial charge in [0, 0.05) is 17.8 Å². The molecule has 0 aliphatic carbocycles. The smallest absolute Gasteiger partial charge is 0.268 e. The number of anilines is 1. The van der Waals surface area contributed by atoms with Crippen LogP contribution >= 0.6 is 34.5 Å². The predicted octanol–water partition coefficient (Wildman–Crippen LogP) is 5.71. The van der Waals surface area contributed by atoms with E-state index in [-0.39, 0.29) is 11.7 Å². The monoisotopic (exact) mass is 461 g/mol. The SMILES string of the molecule is Cc1cc(NC(=O)c2sc(-c3ccc(F)cc3)nc2C)n(-c2ncc(Cl)cc2Cl)n1. The number of nitrogens with zero attached hydrogens (tertiary/aromatic N) is 4. The van der Waals surface area contributed by atoms with Crippen molar-refractivity contribution in [2.24, 2.45) is 0 Å². The van der Waals surface area contributed by atoms with Gasteiger partial charge in [-0.15, -0.1) is 11.3 Å². The highest BCUT2D eigenvalue weighted by Gasteiger charge is 2.20. The van der Waals surface area contributed by atoms with E-state index in [1.54, 1.807) is 38.1 Å². The second-order valence-electron chi connectivity index (χ2n) is 6.44. The molecule has 0 atom stereocenters. The zero-order chi connectivity index (χ0) is 21.4. The van der Waals surface area contributed by atoms with Crippen LogP contribution in [0.15, 0.2) is 42.6 Å². The first-order chi connectivity index (χ1) is 14.3. The van der Waals surface area contributed by atoms with Gasteiger partial charge < -0.3 is 5.32 Å². The lowest BCUT2D eigenvalue weighted by atomic mass is 10.2. The summed E-state index contributed by atoms with van der Waals surface area (Å²) in [6.07, 6.45) is 1.45. The van der Waals surface area contributed by atoms with E-state index in [1.165, 1.54) is 34.3 Å². The average Bonchev–Trinajstić information content (AvgIpc) is 3.25. The number of hydrogen-bond acceptors (Lipinski definition) is 5. The van der Waals surface area contributed by atoms with Gasteiger partial charge in [0.25, 0.3) is 5.91 Å². The van der Waals surface area contributed by atoms with Crippen LogP contribution in [0.4, 0.5) is 10.2 Å². The quantitative estimate of drug-likeness (QED) is 0.422. The van der Waals surface area contributed by atoms with E-state index >= 15 is 0 Å². The van der Waals surface area contributed by atoms with Gasteiger partial charge in [0.15, 0.2) is 5.82 Å². The lowest BCUT2D eigenvalue weighted by Gasteiger charge is -2.09. The normalized spacial score (nSPS) is 11.0. The molecule has 30 heavy (non-hydrogen) atoms. The molecule has 0 bridgehead atoms. The van der Waals surface area contributed by atoms with E-state index in [9.17, 15) is 9.18 Å². The van der Waals surface area contributed by atoms with Crippen molar-refractivity contribution in [2.75, 3.05) is 5.32 Å². The van der Waals surface area contributed by atoms with Gasteiger partial charge in [-0.2, -0.15) is 9.78 Å². The highest BCUT2D eigenvalue weighted by Crippen LogP contribution is 2.30. The number of rotatable bonds is 4. The van der Waals surface area contributed by atoms with Crippen molar-refractivity contribution < 1.29 is 9.18 Å². The van der Waals surface area contributed by atoms with E-state index in [0.29, 0.717) is 43.0 Å². The van der Waals surface area contributed by atoms with Gasteiger partial charge in [0.05, 0.1) is 21.4 Å². The summed E-state index contributed by atoms with van der Waals surface area (Å²) in [7, 11) is 0. The van der Waals surface area contributed by atoms with E-state index in [1.807, 2.05) is 0 Å². The molecule has 0 spiro atoms. The number of aromatic nitrogens is 4. The number of hydrogen-bond donors (Lipinski definition) is 1. The number of carbonyl (C=O) groups is 1. The Balaban J connectivity index is 1.65. The largest absolute Gasteiger partial charge is 0.306 e. The summed E-state index contributed by atoms with van der Waals surface area (Å²) < 4.78 is 14.6. The van der Waals surface area contributed by atoms with Crippen LogP contribution in [0.3, 0.4) is 0 Å². The molecule has 1 aromatic carbocycles. The molecule has 4 aromatic rings. The van der Waals surface area contributed by atoms with Crippen LogP contribution < -0.4 is 5.32 Å². The van der Waals surface area contributed by atoms with Gasteiger partial charge in [-0.1, -0.05) is 23.2 Å². The minimum Gasteiger partial charge on any atom is -0.306 e. The molecule has 0 fully saturated rings. The number of aryl methyl sites for hydroxylation is 2. The summed E-state index contributed by atoms with van der Waals surface area (Å²) in [6.45, 7) is 3.54. The van der Waals surface area contributed by atoms with Gasteiger partial charge >= 0.3 is 0 Å². The minimum absolute atomic E-state index is 0.300. The highest BCUT2D eigenvalue weighted by molar-refractivity contribution is 7.17. The molecule has 4 rings (SSSR count). The standard InChI is InChI=1S/C20H14Cl2FN5OS/c1-10-7-16(28(27-10)18-15(22)8-13(21)9-24-18)26-19(29)17-11(2)25-20(30-17)12-3-5-14(23)6-4-12/h3-9H,1-2H3,(H,26,29). The fourth-order valence-electron chi connectivity index (χ4n) is 2.81. The maximum Gasteiger partial charge on any atom is 0.268 e. The number of nitrogens with one attached hydrogen (secondary N) is 1. The fourth-order valence-corrected chi connectivity index (χ4v) is 4.24. The maximum atomic E-state index is 13.2. The van der Waals surface area contributed by atoms with Crippen LogP contribution in [-0.4, -0.2) is 25.7 Å². The van der Waals surface area contributed by atoms with Crippen molar-refractivity contribution in [3.05, 3.63) is 74.7 Å². The predicted molar refractivity (Wildman–Crippen MR) is 116 cm³/mol. The molecule has 0 aliphatic rings. The van der Waals surface area contributed by atoms with Crippen molar-refractivity contribution in [1.29, 1.82) is 0 Å². The van der Waals surface area contributed by atoms with Gasteiger partial charge in [0.1, 0.15) is 21.5 Å². The van der Waals surface area contributed by atoms with Crippen molar-refractivity contribution in [3.63, 3.8) is 0 Å². The van der Waals surface area contributed by atoms with Crippen LogP contribution in [-0.2, 0) is 0 Å². The molecule has 0 radical (unpaired) electrons. The molecule has 0 saturated carbocycles. The first-order valence-electron chi connectivity index (χ1n) is 8.74. The Morgan fingerprint density at radius 2 is 1.90 bits per heavy atom. The third-order valence-corrected chi connectivity index (χ3v) is 5.85.